The van der Waals surface area contributed by atoms with Crippen LogP contribution in [0.4, 0.5) is 0 Å². The first kappa shape index (κ1) is 17.9. The number of rotatable bonds is 4. The van der Waals surface area contributed by atoms with Crippen molar-refractivity contribution in [2.24, 2.45) is 5.73 Å². The summed E-state index contributed by atoms with van der Waals surface area (Å²) in [5, 5.41) is 18.0. The maximum absolute atomic E-state index is 9.88. The molecule has 0 aliphatic carbocycles. The first-order valence-electron chi connectivity index (χ1n) is 2.72. The van der Waals surface area contributed by atoms with Gasteiger partial charge in [-0.05, 0) is 6.42 Å². The van der Waals surface area contributed by atoms with Crippen LogP contribution in [0.1, 0.15) is 12.8 Å². The van der Waals surface area contributed by atoms with Crippen LogP contribution in [-0.4, -0.2) is 46.1 Å². The molecule has 0 rings (SSSR count). The Bertz CT molecular complexity index is 154. The maximum Gasteiger partial charge on any atom is 2.00 e. The fraction of sp³-hybridized carbons (Fsp3) is 0.600. The molecule has 1 atom stereocenters. The van der Waals surface area contributed by atoms with Crippen molar-refractivity contribution in [2.45, 2.75) is 18.9 Å². The van der Waals surface area contributed by atoms with Crippen molar-refractivity contribution in [2.75, 3.05) is 0 Å². The van der Waals surface area contributed by atoms with Crippen LogP contribution in [0.2, 0.25) is 0 Å². The smallest absolute Gasteiger partial charge is 1.00 e. The monoisotopic (exact) mass is 205 g/mol. The van der Waals surface area contributed by atoms with E-state index in [1.54, 1.807) is 0 Å². The molecule has 0 unspecified atom stereocenters. The van der Waals surface area contributed by atoms with E-state index in [0.29, 0.717) is 0 Å². The van der Waals surface area contributed by atoms with E-state index in [0.717, 1.165) is 0 Å². The van der Waals surface area contributed by atoms with Crippen molar-refractivity contribution in [1.29, 1.82) is 0 Å². The Balaban J connectivity index is -0.000000405. The molecule has 0 radical (unpaired) electrons. The van der Waals surface area contributed by atoms with Gasteiger partial charge in [0.25, 0.3) is 0 Å². The minimum atomic E-state index is -1.42. The van der Waals surface area contributed by atoms with Crippen molar-refractivity contribution in [3.05, 3.63) is 0 Å². The predicted molar refractivity (Wildman–Crippen MR) is 35.6 cm³/mol. The Morgan fingerprint density at radius 2 is 1.92 bits per heavy atom. The van der Waals surface area contributed by atoms with Gasteiger partial charge in [0, 0.05) is 12.5 Å². The zero-order valence-corrected chi connectivity index (χ0v) is 8.50. The van der Waals surface area contributed by atoms with Crippen LogP contribution < -0.4 is 23.2 Å². The van der Waals surface area contributed by atoms with E-state index in [1.165, 1.54) is 0 Å². The third-order valence-electron chi connectivity index (χ3n) is 0.972. The average molecular weight is 206 g/mol. The van der Waals surface area contributed by atoms with Gasteiger partial charge in [-0.3, -0.25) is 4.79 Å². The van der Waals surface area contributed by atoms with Gasteiger partial charge >= 0.3 is 29.0 Å². The van der Waals surface area contributed by atoms with Gasteiger partial charge in [0.1, 0.15) is 0 Å². The Hall–Kier alpha value is -0.0438. The van der Waals surface area contributed by atoms with Gasteiger partial charge in [0.2, 0.25) is 0 Å². The Labute approximate surface area is 91.9 Å². The summed E-state index contributed by atoms with van der Waals surface area (Å²) in [6, 6.07) is -1.17. The van der Waals surface area contributed by atoms with Crippen molar-refractivity contribution >= 4 is 35.0 Å². The van der Waals surface area contributed by atoms with Crippen LogP contribution >= 0.6 is 0 Å². The minimum absolute atomic E-state index is 0. The van der Waals surface area contributed by atoms with E-state index >= 15 is 0 Å². The molecular formula is C5H8ClMgNO4. The molecule has 5 nitrogen and oxygen atoms in total. The fourth-order valence-corrected chi connectivity index (χ4v) is 0.397. The molecule has 0 aromatic rings. The van der Waals surface area contributed by atoms with Crippen LogP contribution in [0.3, 0.4) is 0 Å². The second-order valence-electron chi connectivity index (χ2n) is 1.86. The first-order chi connectivity index (χ1) is 4.54. The number of aliphatic carboxylic acids is 2. The standard InChI is InChI=1S/C5H9NO4.ClH.Mg/c6-3(5(9)10)1-2-4(7)8;;/h3H,1-2,6H2,(H,7,8)(H,9,10);1H;/q;;+2/p-2/t3-;;/m0../s1. The van der Waals surface area contributed by atoms with Crippen LogP contribution in [0, 0.1) is 0 Å². The molecule has 66 valence electrons. The summed E-state index contributed by atoms with van der Waals surface area (Å²) >= 11 is 0. The normalized spacial score (nSPS) is 10.4. The third-order valence-corrected chi connectivity index (χ3v) is 0.972. The summed E-state index contributed by atoms with van der Waals surface area (Å²) in [6.45, 7) is 0. The van der Waals surface area contributed by atoms with Crippen molar-refractivity contribution in [3.63, 3.8) is 0 Å². The first-order valence-corrected chi connectivity index (χ1v) is 2.72. The maximum atomic E-state index is 9.88. The van der Waals surface area contributed by atoms with Crippen LogP contribution in [0.5, 0.6) is 0 Å². The molecule has 0 saturated heterocycles. The number of carboxylic acid groups (broad SMARTS) is 2. The summed E-state index contributed by atoms with van der Waals surface area (Å²) in [6.07, 6.45) is -0.327. The SMILES string of the molecule is N[C@@H](CCC(=O)O)C(=O)[O-].[Cl-].[Mg+2]. The molecule has 0 aliphatic rings. The van der Waals surface area contributed by atoms with Crippen LogP contribution in [0.15, 0.2) is 0 Å². The van der Waals surface area contributed by atoms with Gasteiger partial charge in [-0.1, -0.05) is 0 Å². The van der Waals surface area contributed by atoms with Gasteiger partial charge in [-0.25, -0.2) is 0 Å². The van der Waals surface area contributed by atoms with Gasteiger partial charge in [0.05, 0.1) is 5.97 Å². The summed E-state index contributed by atoms with van der Waals surface area (Å²) < 4.78 is 0. The largest absolute Gasteiger partial charge is 2.00 e. The summed E-state index contributed by atoms with van der Waals surface area (Å²) in [5.74, 6) is -2.47. The predicted octanol–water partition coefficient (Wildman–Crippen LogP) is -5.45. The van der Waals surface area contributed by atoms with Crippen LogP contribution in [-0.2, 0) is 9.59 Å². The van der Waals surface area contributed by atoms with E-state index in [-0.39, 0.29) is 48.3 Å². The third kappa shape index (κ3) is 9.96. The molecule has 0 spiro atoms. The molecule has 0 amide bonds. The van der Waals surface area contributed by atoms with E-state index < -0.39 is 18.0 Å². The number of carboxylic acids is 2. The topological polar surface area (TPSA) is 103 Å². The second-order valence-corrected chi connectivity index (χ2v) is 1.86. The summed E-state index contributed by atoms with van der Waals surface area (Å²) in [5.41, 5.74) is 4.94. The van der Waals surface area contributed by atoms with Gasteiger partial charge in [-0.15, -0.1) is 0 Å². The molecule has 0 aliphatic heterocycles. The van der Waals surface area contributed by atoms with E-state index in [9.17, 15) is 14.7 Å². The number of carbonyl (C=O) groups excluding carboxylic acids is 1. The van der Waals surface area contributed by atoms with Crippen molar-refractivity contribution in [1.82, 2.24) is 0 Å². The molecule has 12 heavy (non-hydrogen) atoms. The van der Waals surface area contributed by atoms with E-state index in [4.69, 9.17) is 10.8 Å². The van der Waals surface area contributed by atoms with Gasteiger partial charge in [-0.2, -0.15) is 0 Å². The molecule has 0 fully saturated rings. The molecule has 0 aromatic carbocycles. The second kappa shape index (κ2) is 9.05. The van der Waals surface area contributed by atoms with Crippen molar-refractivity contribution in [3.8, 4) is 0 Å². The summed E-state index contributed by atoms with van der Waals surface area (Å²) in [7, 11) is 0. The Morgan fingerprint density at radius 3 is 2.17 bits per heavy atom. The zero-order valence-electron chi connectivity index (χ0n) is 6.33. The molecule has 0 aromatic heterocycles. The minimum Gasteiger partial charge on any atom is -1.00 e. The molecule has 0 saturated carbocycles. The van der Waals surface area contributed by atoms with Gasteiger partial charge < -0.3 is 33.1 Å². The number of nitrogens with two attached hydrogens (primary N) is 1. The Kier molecular flexibility index (Phi) is 13.5. The molecule has 7 heteroatoms. The quantitative estimate of drug-likeness (QED) is 0.446. The molecular weight excluding hydrogens is 198 g/mol. The number of halogens is 1. The Morgan fingerprint density at radius 1 is 1.50 bits per heavy atom. The fourth-order valence-electron chi connectivity index (χ4n) is 0.397. The summed E-state index contributed by atoms with van der Waals surface area (Å²) in [4.78, 5) is 19.7. The number of hydrogen-bond donors (Lipinski definition) is 2. The van der Waals surface area contributed by atoms with E-state index in [2.05, 4.69) is 0 Å². The van der Waals surface area contributed by atoms with Crippen molar-refractivity contribution < 1.29 is 32.2 Å². The van der Waals surface area contributed by atoms with Gasteiger partial charge in [0.15, 0.2) is 0 Å². The number of carbonyl (C=O) groups is 2. The molecule has 0 bridgehead atoms. The zero-order chi connectivity index (χ0) is 8.15. The average Bonchev–Trinajstić information content (AvgIpc) is 1.82. The number of hydrogen-bond acceptors (Lipinski definition) is 4. The van der Waals surface area contributed by atoms with Crippen LogP contribution in [0.25, 0.3) is 0 Å². The van der Waals surface area contributed by atoms with E-state index in [1.807, 2.05) is 0 Å². The molecule has 0 heterocycles. The molecule has 3 N–H and O–H groups in total.